The van der Waals surface area contributed by atoms with Crippen LogP contribution in [0.25, 0.3) is 10.7 Å². The van der Waals surface area contributed by atoms with Crippen LogP contribution in [0.1, 0.15) is 12.5 Å². The largest absolute Gasteiger partial charge is 0.311 e. The maximum absolute atomic E-state index is 12.9. The number of rotatable bonds is 4. The predicted octanol–water partition coefficient (Wildman–Crippen LogP) is 3.61. The van der Waals surface area contributed by atoms with Gasteiger partial charge in [-0.2, -0.15) is 0 Å². The van der Waals surface area contributed by atoms with Gasteiger partial charge in [-0.1, -0.05) is 36.0 Å². The summed E-state index contributed by atoms with van der Waals surface area (Å²) in [5.41, 5.74) is 2.28. The zero-order chi connectivity index (χ0) is 17.4. The fraction of sp³-hybridized carbons (Fsp3) is 0.278. The molecule has 0 saturated heterocycles. The van der Waals surface area contributed by atoms with Gasteiger partial charge in [0.15, 0.2) is 11.0 Å². The molecule has 0 saturated carbocycles. The van der Waals surface area contributed by atoms with E-state index in [1.165, 1.54) is 17.3 Å². The van der Waals surface area contributed by atoms with Crippen molar-refractivity contribution in [2.45, 2.75) is 23.8 Å². The second-order valence-corrected chi connectivity index (χ2v) is 8.23. The first-order valence-electron chi connectivity index (χ1n) is 8.14. The Bertz CT molecular complexity index is 904. The van der Waals surface area contributed by atoms with Crippen LogP contribution in [-0.4, -0.2) is 32.5 Å². The van der Waals surface area contributed by atoms with E-state index in [9.17, 15) is 4.79 Å². The minimum absolute atomic E-state index is 0.121. The van der Waals surface area contributed by atoms with E-state index in [2.05, 4.69) is 16.3 Å². The number of thiophene rings is 1. The number of thioether (sulfide) groups is 1. The lowest BCUT2D eigenvalue weighted by Gasteiger charge is -2.21. The number of carbonyl (C=O) groups excluding carboxylic acids is 1. The van der Waals surface area contributed by atoms with Gasteiger partial charge in [-0.15, -0.1) is 21.5 Å². The molecule has 0 unspecified atom stereocenters. The van der Waals surface area contributed by atoms with Crippen LogP contribution in [0.3, 0.4) is 0 Å². The van der Waals surface area contributed by atoms with Gasteiger partial charge in [0, 0.05) is 19.3 Å². The number of benzene rings is 1. The smallest absolute Gasteiger partial charge is 0.240 e. The molecule has 1 aliphatic heterocycles. The average molecular weight is 371 g/mol. The summed E-state index contributed by atoms with van der Waals surface area (Å²) >= 11 is 3.09. The first-order chi connectivity index (χ1) is 12.1. The van der Waals surface area contributed by atoms with Crippen LogP contribution in [0.15, 0.2) is 46.9 Å². The molecular weight excluding hydrogens is 352 g/mol. The second-order valence-electron chi connectivity index (χ2n) is 5.97. The van der Waals surface area contributed by atoms with Gasteiger partial charge in [-0.3, -0.25) is 4.79 Å². The average Bonchev–Trinajstić information content (AvgIpc) is 3.35. The Kier molecular flexibility index (Phi) is 4.35. The van der Waals surface area contributed by atoms with Gasteiger partial charge >= 0.3 is 0 Å². The first-order valence-corrected chi connectivity index (χ1v) is 9.90. The molecule has 0 N–H and O–H groups in total. The quantitative estimate of drug-likeness (QED) is 0.658. The van der Waals surface area contributed by atoms with Crippen LogP contribution < -0.4 is 4.90 Å². The third-order valence-electron chi connectivity index (χ3n) is 4.36. The molecule has 2 aromatic heterocycles. The van der Waals surface area contributed by atoms with Crippen molar-refractivity contribution >= 4 is 34.7 Å². The fourth-order valence-electron chi connectivity index (χ4n) is 3.03. The van der Waals surface area contributed by atoms with Crippen molar-refractivity contribution < 1.29 is 4.79 Å². The number of hydrogen-bond donors (Lipinski definition) is 0. The van der Waals surface area contributed by atoms with E-state index in [1.54, 1.807) is 11.3 Å². The van der Waals surface area contributed by atoms with Gasteiger partial charge in [0.2, 0.25) is 5.91 Å². The van der Waals surface area contributed by atoms with E-state index in [0.29, 0.717) is 0 Å². The van der Waals surface area contributed by atoms with Crippen molar-refractivity contribution in [1.29, 1.82) is 0 Å². The normalized spacial score (nSPS) is 14.6. The third kappa shape index (κ3) is 2.98. The maximum atomic E-state index is 12.9. The summed E-state index contributed by atoms with van der Waals surface area (Å²) in [5.74, 6) is 0.958. The summed E-state index contributed by atoms with van der Waals surface area (Å²) in [6, 6.07) is 12.2. The van der Waals surface area contributed by atoms with Crippen LogP contribution in [0.2, 0.25) is 0 Å². The van der Waals surface area contributed by atoms with Crippen molar-refractivity contribution in [1.82, 2.24) is 14.8 Å². The number of fused-ring (bicyclic) bond motifs is 1. The van der Waals surface area contributed by atoms with E-state index in [1.807, 2.05) is 59.2 Å². The Labute approximate surface area is 154 Å². The molecule has 25 heavy (non-hydrogen) atoms. The molecule has 0 aliphatic carbocycles. The van der Waals surface area contributed by atoms with Crippen LogP contribution in [-0.2, 0) is 18.3 Å². The lowest BCUT2D eigenvalue weighted by Crippen LogP contribution is -2.35. The third-order valence-corrected chi connectivity index (χ3v) is 6.35. The molecule has 1 aromatic carbocycles. The molecule has 0 radical (unpaired) electrons. The lowest BCUT2D eigenvalue weighted by atomic mass is 10.2. The fourth-order valence-corrected chi connectivity index (χ4v) is 4.65. The molecule has 1 aliphatic rings. The summed E-state index contributed by atoms with van der Waals surface area (Å²) in [5, 5.41) is 11.1. The number of para-hydroxylation sites is 1. The number of anilines is 1. The van der Waals surface area contributed by atoms with E-state index >= 15 is 0 Å². The molecule has 1 amide bonds. The zero-order valence-corrected chi connectivity index (χ0v) is 15.7. The van der Waals surface area contributed by atoms with Gasteiger partial charge in [0.25, 0.3) is 0 Å². The van der Waals surface area contributed by atoms with Crippen molar-refractivity contribution in [3.8, 4) is 10.7 Å². The highest BCUT2D eigenvalue weighted by Gasteiger charge is 2.29. The van der Waals surface area contributed by atoms with Gasteiger partial charge in [-0.25, -0.2) is 0 Å². The standard InChI is InChI=1S/C18H18N4OS2/c1-12(17(23)22-10-9-13-6-3-4-7-14(13)22)25-18-20-19-16(21(18)2)15-8-5-11-24-15/h3-8,11-12H,9-10H2,1-2H3/t12-/m1/s1. The van der Waals surface area contributed by atoms with Crippen LogP contribution in [0.5, 0.6) is 0 Å². The molecule has 128 valence electrons. The van der Waals surface area contributed by atoms with Crippen LogP contribution in [0, 0.1) is 0 Å². The number of amides is 1. The monoisotopic (exact) mass is 370 g/mol. The Hall–Kier alpha value is -2.12. The highest BCUT2D eigenvalue weighted by molar-refractivity contribution is 8.00. The molecule has 3 aromatic rings. The van der Waals surface area contributed by atoms with Crippen molar-refractivity contribution in [2.24, 2.45) is 7.05 Å². The zero-order valence-electron chi connectivity index (χ0n) is 14.0. The Morgan fingerprint density at radius 2 is 2.08 bits per heavy atom. The topological polar surface area (TPSA) is 51.0 Å². The number of aromatic nitrogens is 3. The van der Waals surface area contributed by atoms with Gasteiger partial charge < -0.3 is 9.47 Å². The molecule has 7 heteroatoms. The maximum Gasteiger partial charge on any atom is 0.240 e. The van der Waals surface area contributed by atoms with Crippen LogP contribution in [0.4, 0.5) is 5.69 Å². The van der Waals surface area contributed by atoms with E-state index in [-0.39, 0.29) is 11.2 Å². The Morgan fingerprint density at radius 3 is 2.88 bits per heavy atom. The second kappa shape index (κ2) is 6.65. The Morgan fingerprint density at radius 1 is 1.24 bits per heavy atom. The highest BCUT2D eigenvalue weighted by Crippen LogP contribution is 2.32. The van der Waals surface area contributed by atoms with Crippen molar-refractivity contribution in [3.63, 3.8) is 0 Å². The summed E-state index contributed by atoms with van der Waals surface area (Å²) in [4.78, 5) is 15.9. The minimum atomic E-state index is -0.217. The van der Waals surface area contributed by atoms with Crippen LogP contribution >= 0.6 is 23.1 Å². The summed E-state index contributed by atoms with van der Waals surface area (Å²) in [7, 11) is 1.94. The van der Waals surface area contributed by atoms with Gasteiger partial charge in [0.05, 0.1) is 10.1 Å². The van der Waals surface area contributed by atoms with E-state index in [4.69, 9.17) is 0 Å². The number of nitrogens with zero attached hydrogens (tertiary/aromatic N) is 4. The molecule has 0 bridgehead atoms. The minimum Gasteiger partial charge on any atom is -0.311 e. The highest BCUT2D eigenvalue weighted by atomic mass is 32.2. The Balaban J connectivity index is 1.51. The summed E-state index contributed by atoms with van der Waals surface area (Å²) in [6.07, 6.45) is 0.922. The number of carbonyl (C=O) groups is 1. The van der Waals surface area contributed by atoms with Gasteiger partial charge in [0.1, 0.15) is 0 Å². The molecular formula is C18H18N4OS2. The predicted molar refractivity (Wildman–Crippen MR) is 102 cm³/mol. The lowest BCUT2D eigenvalue weighted by molar-refractivity contribution is -0.117. The summed E-state index contributed by atoms with van der Waals surface area (Å²) < 4.78 is 1.96. The molecule has 0 spiro atoms. The molecule has 3 heterocycles. The van der Waals surface area contributed by atoms with E-state index in [0.717, 1.165) is 34.5 Å². The molecule has 4 rings (SSSR count). The molecule has 1 atom stereocenters. The van der Waals surface area contributed by atoms with E-state index < -0.39 is 0 Å². The van der Waals surface area contributed by atoms with Gasteiger partial charge in [-0.05, 0) is 36.4 Å². The SMILES string of the molecule is C[C@@H](Sc1nnc(-c2cccs2)n1C)C(=O)N1CCc2ccccc21. The first kappa shape index (κ1) is 16.4. The summed E-state index contributed by atoms with van der Waals surface area (Å²) in [6.45, 7) is 2.69. The van der Waals surface area contributed by atoms with Crippen molar-refractivity contribution in [3.05, 3.63) is 47.3 Å². The molecule has 0 fully saturated rings. The molecule has 5 nitrogen and oxygen atoms in total. The van der Waals surface area contributed by atoms with Crippen molar-refractivity contribution in [2.75, 3.05) is 11.4 Å². The number of hydrogen-bond acceptors (Lipinski definition) is 5.